The lowest BCUT2D eigenvalue weighted by atomic mass is 10.2. The molecule has 0 radical (unpaired) electrons. The van der Waals surface area contributed by atoms with E-state index < -0.39 is 0 Å². The van der Waals surface area contributed by atoms with Crippen molar-refractivity contribution in [3.05, 3.63) is 12.2 Å². The van der Waals surface area contributed by atoms with E-state index in [2.05, 4.69) is 6.58 Å². The molecule has 0 aromatic heterocycles. The molecule has 2 saturated heterocycles. The Bertz CT molecular complexity index is 357. The van der Waals surface area contributed by atoms with E-state index in [1.165, 1.54) is 0 Å². The quantitative estimate of drug-likeness (QED) is 0.685. The first-order valence-electron chi connectivity index (χ1n) is 6.96. The fourth-order valence-corrected chi connectivity index (χ4v) is 3.19. The molecule has 2 atom stereocenters. The SMILES string of the molecule is C=C1[C@H](C(=O)N2CCCC2)[C@H]1C(=O)N1CCCC1. The minimum absolute atomic E-state index is 0.134. The number of amides is 2. The molecular formula is C14H20N2O2. The second-order valence-corrected chi connectivity index (χ2v) is 5.60. The van der Waals surface area contributed by atoms with E-state index in [1.807, 2.05) is 9.80 Å². The third kappa shape index (κ3) is 1.84. The summed E-state index contributed by atoms with van der Waals surface area (Å²) >= 11 is 0. The molecule has 3 rings (SSSR count). The molecular weight excluding hydrogens is 228 g/mol. The molecule has 18 heavy (non-hydrogen) atoms. The van der Waals surface area contributed by atoms with Crippen molar-refractivity contribution in [2.45, 2.75) is 25.7 Å². The fourth-order valence-electron chi connectivity index (χ4n) is 3.19. The molecule has 2 heterocycles. The summed E-state index contributed by atoms with van der Waals surface area (Å²) in [5, 5.41) is 0. The van der Waals surface area contributed by atoms with E-state index in [0.717, 1.165) is 57.4 Å². The fraction of sp³-hybridized carbons (Fsp3) is 0.714. The van der Waals surface area contributed by atoms with E-state index in [1.54, 1.807) is 0 Å². The molecule has 2 amide bonds. The van der Waals surface area contributed by atoms with Crippen LogP contribution in [0.25, 0.3) is 0 Å². The van der Waals surface area contributed by atoms with Crippen molar-refractivity contribution in [1.29, 1.82) is 0 Å². The molecule has 98 valence electrons. The number of hydrogen-bond donors (Lipinski definition) is 0. The van der Waals surface area contributed by atoms with Gasteiger partial charge in [-0.15, -0.1) is 0 Å². The Kier molecular flexibility index (Phi) is 2.88. The Balaban J connectivity index is 1.63. The van der Waals surface area contributed by atoms with E-state index in [4.69, 9.17) is 0 Å². The van der Waals surface area contributed by atoms with E-state index >= 15 is 0 Å². The van der Waals surface area contributed by atoms with Gasteiger partial charge in [0, 0.05) is 26.2 Å². The van der Waals surface area contributed by atoms with E-state index in [-0.39, 0.29) is 23.7 Å². The lowest BCUT2D eigenvalue weighted by molar-refractivity contribution is -0.136. The van der Waals surface area contributed by atoms with Crippen molar-refractivity contribution in [3.63, 3.8) is 0 Å². The predicted octanol–water partition coefficient (Wildman–Crippen LogP) is 1.03. The third-order valence-corrected chi connectivity index (χ3v) is 4.39. The molecule has 4 nitrogen and oxygen atoms in total. The Morgan fingerprint density at radius 1 is 0.833 bits per heavy atom. The monoisotopic (exact) mass is 248 g/mol. The number of carbonyl (C=O) groups is 2. The van der Waals surface area contributed by atoms with Gasteiger partial charge in [0.2, 0.25) is 11.8 Å². The van der Waals surface area contributed by atoms with Crippen LogP contribution in [0.15, 0.2) is 12.2 Å². The lowest BCUT2D eigenvalue weighted by Gasteiger charge is -2.17. The molecule has 4 heteroatoms. The zero-order valence-electron chi connectivity index (χ0n) is 10.7. The Morgan fingerprint density at radius 3 is 1.50 bits per heavy atom. The van der Waals surface area contributed by atoms with Crippen molar-refractivity contribution in [1.82, 2.24) is 9.80 Å². The summed E-state index contributed by atoms with van der Waals surface area (Å²) in [6.45, 7) is 7.34. The minimum Gasteiger partial charge on any atom is -0.342 e. The Labute approximate surface area is 108 Å². The Morgan fingerprint density at radius 2 is 1.17 bits per heavy atom. The zero-order chi connectivity index (χ0) is 12.7. The van der Waals surface area contributed by atoms with Crippen LogP contribution in [0.5, 0.6) is 0 Å². The van der Waals surface area contributed by atoms with Gasteiger partial charge in [-0.05, 0) is 25.7 Å². The molecule has 0 N–H and O–H groups in total. The topological polar surface area (TPSA) is 40.6 Å². The molecule has 0 unspecified atom stereocenters. The standard InChI is InChI=1S/C14H20N2O2/c1-10-11(13(17)15-6-2-3-7-15)12(10)14(18)16-8-4-5-9-16/h11-12H,1-9H2/t11-,12-/m0/s1. The maximum atomic E-state index is 12.2. The number of hydrogen-bond acceptors (Lipinski definition) is 2. The molecule has 0 spiro atoms. The molecule has 0 aromatic rings. The van der Waals surface area contributed by atoms with Crippen LogP contribution < -0.4 is 0 Å². The highest BCUT2D eigenvalue weighted by Crippen LogP contribution is 2.47. The van der Waals surface area contributed by atoms with Gasteiger partial charge in [0.1, 0.15) is 0 Å². The average Bonchev–Trinajstić information content (AvgIpc) is 2.90. The highest BCUT2D eigenvalue weighted by atomic mass is 16.2. The zero-order valence-corrected chi connectivity index (χ0v) is 10.7. The lowest BCUT2D eigenvalue weighted by Crippen LogP contribution is -2.33. The largest absolute Gasteiger partial charge is 0.342 e. The summed E-state index contributed by atoms with van der Waals surface area (Å²) in [5.41, 5.74) is 0.837. The van der Waals surface area contributed by atoms with Crippen molar-refractivity contribution in [2.75, 3.05) is 26.2 Å². The van der Waals surface area contributed by atoms with Crippen molar-refractivity contribution < 1.29 is 9.59 Å². The van der Waals surface area contributed by atoms with Crippen LogP contribution >= 0.6 is 0 Å². The van der Waals surface area contributed by atoms with Gasteiger partial charge in [0.25, 0.3) is 0 Å². The smallest absolute Gasteiger partial charge is 0.230 e. The first kappa shape index (κ1) is 11.8. The maximum absolute atomic E-state index is 12.2. The molecule has 1 saturated carbocycles. The molecule has 3 fully saturated rings. The maximum Gasteiger partial charge on any atom is 0.230 e. The van der Waals surface area contributed by atoms with Crippen molar-refractivity contribution in [2.24, 2.45) is 11.8 Å². The normalized spacial score (nSPS) is 31.0. The molecule has 2 aliphatic heterocycles. The Hall–Kier alpha value is -1.32. The van der Waals surface area contributed by atoms with Crippen LogP contribution in [-0.4, -0.2) is 47.8 Å². The van der Waals surface area contributed by atoms with E-state index in [9.17, 15) is 9.59 Å². The summed E-state index contributed by atoms with van der Waals surface area (Å²) in [4.78, 5) is 28.3. The van der Waals surface area contributed by atoms with Crippen LogP contribution in [0.2, 0.25) is 0 Å². The summed E-state index contributed by atoms with van der Waals surface area (Å²) in [7, 11) is 0. The highest BCUT2D eigenvalue weighted by molar-refractivity contribution is 5.99. The molecule has 1 aliphatic carbocycles. The number of rotatable bonds is 2. The van der Waals surface area contributed by atoms with Crippen LogP contribution in [0, 0.1) is 11.8 Å². The van der Waals surface area contributed by atoms with Crippen LogP contribution in [-0.2, 0) is 9.59 Å². The van der Waals surface area contributed by atoms with Crippen LogP contribution in [0.3, 0.4) is 0 Å². The van der Waals surface area contributed by atoms with Crippen molar-refractivity contribution >= 4 is 11.8 Å². The van der Waals surface area contributed by atoms with Gasteiger partial charge in [-0.2, -0.15) is 0 Å². The van der Waals surface area contributed by atoms with Gasteiger partial charge in [-0.1, -0.05) is 12.2 Å². The minimum atomic E-state index is -0.212. The van der Waals surface area contributed by atoms with Gasteiger partial charge >= 0.3 is 0 Å². The number of carbonyl (C=O) groups excluding carboxylic acids is 2. The highest BCUT2D eigenvalue weighted by Gasteiger charge is 2.55. The summed E-state index contributed by atoms with van der Waals surface area (Å²) in [6.07, 6.45) is 4.37. The second kappa shape index (κ2) is 4.41. The van der Waals surface area contributed by atoms with Crippen LogP contribution in [0.1, 0.15) is 25.7 Å². The van der Waals surface area contributed by atoms with Gasteiger partial charge in [-0.25, -0.2) is 0 Å². The second-order valence-electron chi connectivity index (χ2n) is 5.60. The van der Waals surface area contributed by atoms with Gasteiger partial charge < -0.3 is 9.80 Å². The van der Waals surface area contributed by atoms with Gasteiger partial charge in [0.15, 0.2) is 0 Å². The summed E-state index contributed by atoms with van der Waals surface area (Å²) in [6, 6.07) is 0. The summed E-state index contributed by atoms with van der Waals surface area (Å²) in [5.74, 6) is -0.155. The van der Waals surface area contributed by atoms with Crippen LogP contribution in [0.4, 0.5) is 0 Å². The number of nitrogens with zero attached hydrogens (tertiary/aromatic N) is 2. The molecule has 0 bridgehead atoms. The molecule has 3 aliphatic rings. The molecule has 0 aromatic carbocycles. The van der Waals surface area contributed by atoms with Gasteiger partial charge in [-0.3, -0.25) is 9.59 Å². The first-order chi connectivity index (χ1) is 8.70. The summed E-state index contributed by atoms with van der Waals surface area (Å²) < 4.78 is 0. The number of likely N-dealkylation sites (tertiary alicyclic amines) is 2. The predicted molar refractivity (Wildman–Crippen MR) is 67.7 cm³/mol. The van der Waals surface area contributed by atoms with Crippen molar-refractivity contribution in [3.8, 4) is 0 Å². The first-order valence-corrected chi connectivity index (χ1v) is 6.96. The van der Waals surface area contributed by atoms with E-state index in [0.29, 0.717) is 0 Å². The average molecular weight is 248 g/mol. The third-order valence-electron chi connectivity index (χ3n) is 4.39. The van der Waals surface area contributed by atoms with Gasteiger partial charge in [0.05, 0.1) is 11.8 Å².